The second-order valence-corrected chi connectivity index (χ2v) is 5.93. The zero-order valence-corrected chi connectivity index (χ0v) is 13.5. The quantitative estimate of drug-likeness (QED) is 0.705. The summed E-state index contributed by atoms with van der Waals surface area (Å²) in [7, 11) is 2.17. The van der Waals surface area contributed by atoms with Crippen LogP contribution in [0.25, 0.3) is 0 Å². The number of hydrogen-bond donors (Lipinski definition) is 1. The van der Waals surface area contributed by atoms with Crippen molar-refractivity contribution in [2.24, 2.45) is 0 Å². The highest BCUT2D eigenvalue weighted by molar-refractivity contribution is 7.98. The maximum Gasteiger partial charge on any atom is 0.0547 e. The van der Waals surface area contributed by atoms with E-state index in [0.29, 0.717) is 6.04 Å². The van der Waals surface area contributed by atoms with Crippen LogP contribution in [0.4, 0.5) is 0 Å². The first-order valence-corrected chi connectivity index (χ1v) is 8.41. The monoisotopic (exact) mass is 281 g/mol. The Morgan fingerprint density at radius 2 is 2.11 bits per heavy atom. The maximum atomic E-state index is 4.72. The summed E-state index contributed by atoms with van der Waals surface area (Å²) in [6.07, 6.45) is 3.32. The third kappa shape index (κ3) is 6.41. The maximum absolute atomic E-state index is 4.72. The van der Waals surface area contributed by atoms with E-state index in [1.807, 2.05) is 11.8 Å². The fourth-order valence-electron chi connectivity index (χ4n) is 1.89. The highest BCUT2D eigenvalue weighted by atomic mass is 32.2. The van der Waals surface area contributed by atoms with E-state index in [0.717, 1.165) is 43.2 Å². The predicted molar refractivity (Wildman–Crippen MR) is 85.5 cm³/mol. The zero-order valence-electron chi connectivity index (χ0n) is 12.6. The number of pyridine rings is 1. The van der Waals surface area contributed by atoms with E-state index < -0.39 is 0 Å². The Hall–Kier alpha value is -0.580. The fraction of sp³-hybridized carbons (Fsp3) is 0.667. The van der Waals surface area contributed by atoms with Crippen LogP contribution in [0, 0.1) is 0 Å². The molecule has 0 aliphatic rings. The van der Waals surface area contributed by atoms with Gasteiger partial charge in [-0.3, -0.25) is 9.88 Å². The highest BCUT2D eigenvalue weighted by Crippen LogP contribution is 2.08. The van der Waals surface area contributed by atoms with E-state index in [4.69, 9.17) is 4.98 Å². The molecule has 108 valence electrons. The SMILES string of the molecule is CCCNCc1cccc(CN(C)C(C)CSC)n1. The minimum atomic E-state index is 0.582. The Kier molecular flexibility index (Phi) is 8.10. The Morgan fingerprint density at radius 3 is 2.79 bits per heavy atom. The molecular weight excluding hydrogens is 254 g/mol. The van der Waals surface area contributed by atoms with Crippen molar-refractivity contribution in [3.05, 3.63) is 29.6 Å². The molecule has 1 atom stereocenters. The van der Waals surface area contributed by atoms with E-state index >= 15 is 0 Å². The van der Waals surface area contributed by atoms with Gasteiger partial charge in [0.2, 0.25) is 0 Å². The van der Waals surface area contributed by atoms with Gasteiger partial charge in [-0.25, -0.2) is 0 Å². The van der Waals surface area contributed by atoms with Gasteiger partial charge >= 0.3 is 0 Å². The van der Waals surface area contributed by atoms with Crippen molar-refractivity contribution < 1.29 is 0 Å². The smallest absolute Gasteiger partial charge is 0.0547 e. The first-order chi connectivity index (χ1) is 9.17. The van der Waals surface area contributed by atoms with Crippen LogP contribution >= 0.6 is 11.8 Å². The number of nitrogens with one attached hydrogen (secondary N) is 1. The van der Waals surface area contributed by atoms with E-state index in [9.17, 15) is 0 Å². The van der Waals surface area contributed by atoms with Gasteiger partial charge in [-0.15, -0.1) is 0 Å². The molecule has 0 radical (unpaired) electrons. The molecule has 0 saturated carbocycles. The second-order valence-electron chi connectivity index (χ2n) is 5.02. The van der Waals surface area contributed by atoms with Gasteiger partial charge in [0.05, 0.1) is 11.4 Å². The average Bonchev–Trinajstić information content (AvgIpc) is 2.40. The molecule has 0 aromatic carbocycles. The summed E-state index contributed by atoms with van der Waals surface area (Å²) >= 11 is 1.89. The lowest BCUT2D eigenvalue weighted by Gasteiger charge is -2.23. The van der Waals surface area contributed by atoms with E-state index in [-0.39, 0.29) is 0 Å². The Labute approximate surface area is 122 Å². The van der Waals surface area contributed by atoms with Crippen LogP contribution in [0.15, 0.2) is 18.2 Å². The summed E-state index contributed by atoms with van der Waals surface area (Å²) in [6, 6.07) is 6.90. The van der Waals surface area contributed by atoms with Crippen molar-refractivity contribution in [1.82, 2.24) is 15.2 Å². The molecule has 0 amide bonds. The Balaban J connectivity index is 2.51. The molecule has 1 N–H and O–H groups in total. The molecule has 0 bridgehead atoms. The molecule has 0 saturated heterocycles. The van der Waals surface area contributed by atoms with Crippen LogP contribution in [0.5, 0.6) is 0 Å². The van der Waals surface area contributed by atoms with Crippen LogP contribution in [-0.4, -0.2) is 41.5 Å². The highest BCUT2D eigenvalue weighted by Gasteiger charge is 2.09. The predicted octanol–water partition coefficient (Wildman–Crippen LogP) is 2.76. The van der Waals surface area contributed by atoms with Crippen molar-refractivity contribution in [1.29, 1.82) is 0 Å². The third-order valence-corrected chi connectivity index (χ3v) is 3.98. The summed E-state index contributed by atoms with van der Waals surface area (Å²) < 4.78 is 0. The Morgan fingerprint density at radius 1 is 1.37 bits per heavy atom. The van der Waals surface area contributed by atoms with E-state index in [1.165, 1.54) is 0 Å². The molecule has 0 aliphatic carbocycles. The van der Waals surface area contributed by atoms with Gasteiger partial charge in [0, 0.05) is 24.9 Å². The van der Waals surface area contributed by atoms with Crippen LogP contribution < -0.4 is 5.32 Å². The lowest BCUT2D eigenvalue weighted by molar-refractivity contribution is 0.266. The molecular formula is C15H27N3S. The molecule has 1 rings (SSSR count). The molecule has 0 spiro atoms. The number of aromatic nitrogens is 1. The first-order valence-electron chi connectivity index (χ1n) is 7.02. The molecule has 1 unspecified atom stereocenters. The summed E-state index contributed by atoms with van der Waals surface area (Å²) in [4.78, 5) is 7.08. The van der Waals surface area contributed by atoms with Crippen molar-refractivity contribution in [2.45, 2.75) is 39.4 Å². The zero-order chi connectivity index (χ0) is 14.1. The molecule has 0 fully saturated rings. The third-order valence-electron chi connectivity index (χ3n) is 3.17. The van der Waals surface area contributed by atoms with Crippen LogP contribution in [0.3, 0.4) is 0 Å². The van der Waals surface area contributed by atoms with Gasteiger partial charge in [0.15, 0.2) is 0 Å². The van der Waals surface area contributed by atoms with Gasteiger partial charge in [0.25, 0.3) is 0 Å². The molecule has 0 aliphatic heterocycles. The molecule has 4 heteroatoms. The lowest BCUT2D eigenvalue weighted by atomic mass is 10.2. The van der Waals surface area contributed by atoms with Gasteiger partial charge in [-0.2, -0.15) is 11.8 Å². The van der Waals surface area contributed by atoms with Gasteiger partial charge in [0.1, 0.15) is 0 Å². The standard InChI is InChI=1S/C15H27N3S/c1-5-9-16-10-14-7-6-8-15(17-14)11-18(3)13(2)12-19-4/h6-8,13,16H,5,9-12H2,1-4H3. The number of thioether (sulfide) groups is 1. The van der Waals surface area contributed by atoms with Crippen molar-refractivity contribution in [3.63, 3.8) is 0 Å². The van der Waals surface area contributed by atoms with E-state index in [2.05, 4.69) is 55.6 Å². The fourth-order valence-corrected chi connectivity index (χ4v) is 2.63. The largest absolute Gasteiger partial charge is 0.311 e. The minimum Gasteiger partial charge on any atom is -0.311 e. The summed E-state index contributed by atoms with van der Waals surface area (Å²) in [5, 5.41) is 3.40. The molecule has 1 heterocycles. The number of rotatable bonds is 9. The molecule has 3 nitrogen and oxygen atoms in total. The summed E-state index contributed by atoms with van der Waals surface area (Å²) in [5.74, 6) is 1.16. The average molecular weight is 281 g/mol. The van der Waals surface area contributed by atoms with Crippen molar-refractivity contribution in [3.8, 4) is 0 Å². The topological polar surface area (TPSA) is 28.2 Å². The lowest BCUT2D eigenvalue weighted by Crippen LogP contribution is -2.30. The van der Waals surface area contributed by atoms with Gasteiger partial charge in [-0.05, 0) is 45.3 Å². The normalized spacial score (nSPS) is 12.9. The van der Waals surface area contributed by atoms with Crippen molar-refractivity contribution in [2.75, 3.05) is 25.6 Å². The molecule has 1 aromatic rings. The second kappa shape index (κ2) is 9.34. The van der Waals surface area contributed by atoms with Crippen LogP contribution in [-0.2, 0) is 13.1 Å². The van der Waals surface area contributed by atoms with Gasteiger partial charge in [-0.1, -0.05) is 13.0 Å². The molecule has 19 heavy (non-hydrogen) atoms. The number of hydrogen-bond acceptors (Lipinski definition) is 4. The first kappa shape index (κ1) is 16.5. The van der Waals surface area contributed by atoms with Crippen LogP contribution in [0.2, 0.25) is 0 Å². The Bertz CT molecular complexity index is 357. The minimum absolute atomic E-state index is 0.582. The van der Waals surface area contributed by atoms with Gasteiger partial charge < -0.3 is 5.32 Å². The van der Waals surface area contributed by atoms with Crippen LogP contribution in [0.1, 0.15) is 31.7 Å². The molecule has 1 aromatic heterocycles. The van der Waals surface area contributed by atoms with Crippen molar-refractivity contribution >= 4 is 11.8 Å². The summed E-state index contributed by atoms with van der Waals surface area (Å²) in [6.45, 7) is 7.29. The van der Waals surface area contributed by atoms with E-state index in [1.54, 1.807) is 0 Å². The number of nitrogens with zero attached hydrogens (tertiary/aromatic N) is 2. The summed E-state index contributed by atoms with van der Waals surface area (Å²) in [5.41, 5.74) is 2.29.